The van der Waals surface area contributed by atoms with Gasteiger partial charge in [0.15, 0.2) is 0 Å². The number of carbonyl (C=O) groups is 1. The van der Waals surface area contributed by atoms with Crippen LogP contribution in [0, 0.1) is 0 Å². The van der Waals surface area contributed by atoms with Crippen molar-refractivity contribution in [2.24, 2.45) is 0 Å². The number of ketones is 1. The van der Waals surface area contributed by atoms with Crippen LogP contribution in [0.5, 0.6) is 0 Å². The highest BCUT2D eigenvalue weighted by Gasteiger charge is 2.22. The molecule has 0 aromatic rings. The number of aliphatic hydroxyl groups is 1. The third-order valence-electron chi connectivity index (χ3n) is 2.04. The molecular formula is C9H14O2. The molecule has 1 aliphatic carbocycles. The number of carbonyl (C=O) groups excluding carboxylic acids is 1. The topological polar surface area (TPSA) is 37.3 Å². The molecular weight excluding hydrogens is 140 g/mol. The number of allylic oxidation sites excluding steroid dienone is 1. The molecule has 1 N–H and O–H groups in total. The molecule has 0 saturated carbocycles. The predicted molar refractivity (Wildman–Crippen MR) is 43.2 cm³/mol. The zero-order valence-electron chi connectivity index (χ0n) is 7.05. The van der Waals surface area contributed by atoms with E-state index in [0.717, 1.165) is 12.0 Å². The molecule has 0 heterocycles. The fraction of sp³-hybridized carbons (Fsp3) is 0.667. The molecule has 0 fully saturated rings. The smallest absolute Gasteiger partial charge is 0.136 e. The summed E-state index contributed by atoms with van der Waals surface area (Å²) in [5, 5.41) is 9.55. The molecule has 2 nitrogen and oxygen atoms in total. The van der Waals surface area contributed by atoms with Gasteiger partial charge in [-0.2, -0.15) is 0 Å². The van der Waals surface area contributed by atoms with Gasteiger partial charge in [-0.1, -0.05) is 6.08 Å². The Kier molecular flexibility index (Phi) is 2.14. The summed E-state index contributed by atoms with van der Waals surface area (Å²) in [6.07, 6.45) is 3.67. The van der Waals surface area contributed by atoms with Crippen LogP contribution in [0.25, 0.3) is 0 Å². The first kappa shape index (κ1) is 8.47. The predicted octanol–water partition coefficient (Wildman–Crippen LogP) is 1.44. The second-order valence-corrected chi connectivity index (χ2v) is 3.53. The summed E-state index contributed by atoms with van der Waals surface area (Å²) in [6, 6.07) is 0. The van der Waals surface area contributed by atoms with Crippen molar-refractivity contribution in [3.05, 3.63) is 11.6 Å². The minimum atomic E-state index is -0.735. The van der Waals surface area contributed by atoms with Crippen LogP contribution in [-0.4, -0.2) is 16.5 Å². The van der Waals surface area contributed by atoms with Crippen LogP contribution in [0.2, 0.25) is 0 Å². The standard InChI is InChI=1S/C9H14O2/c1-9(2,11)7-3-5-8(10)6-4-7/h3,11H,4-6H2,1-2H3. The van der Waals surface area contributed by atoms with E-state index in [4.69, 9.17) is 0 Å². The van der Waals surface area contributed by atoms with Crippen molar-refractivity contribution in [1.82, 2.24) is 0 Å². The molecule has 0 aliphatic heterocycles. The van der Waals surface area contributed by atoms with Crippen molar-refractivity contribution in [3.8, 4) is 0 Å². The van der Waals surface area contributed by atoms with E-state index in [1.54, 1.807) is 13.8 Å². The van der Waals surface area contributed by atoms with Gasteiger partial charge in [0.2, 0.25) is 0 Å². The Morgan fingerprint density at radius 1 is 1.45 bits per heavy atom. The van der Waals surface area contributed by atoms with Crippen molar-refractivity contribution in [3.63, 3.8) is 0 Å². The number of hydrogen-bond donors (Lipinski definition) is 1. The number of Topliss-reactive ketones (excluding diaryl/α,β-unsaturated/α-hetero) is 1. The van der Waals surface area contributed by atoms with E-state index < -0.39 is 5.60 Å². The molecule has 0 saturated heterocycles. The van der Waals surface area contributed by atoms with Crippen LogP contribution < -0.4 is 0 Å². The van der Waals surface area contributed by atoms with Crippen LogP contribution in [0.1, 0.15) is 33.1 Å². The van der Waals surface area contributed by atoms with E-state index in [1.807, 2.05) is 6.08 Å². The Bertz CT molecular complexity index is 196. The van der Waals surface area contributed by atoms with E-state index in [1.165, 1.54) is 0 Å². The lowest BCUT2D eigenvalue weighted by molar-refractivity contribution is -0.118. The van der Waals surface area contributed by atoms with Crippen LogP contribution in [-0.2, 0) is 4.79 Å². The maximum atomic E-state index is 10.8. The zero-order chi connectivity index (χ0) is 8.48. The Hall–Kier alpha value is -0.630. The van der Waals surface area contributed by atoms with Gasteiger partial charge in [0.1, 0.15) is 5.78 Å². The van der Waals surface area contributed by atoms with Gasteiger partial charge in [-0.25, -0.2) is 0 Å². The first-order valence-electron chi connectivity index (χ1n) is 3.94. The van der Waals surface area contributed by atoms with Crippen LogP contribution in [0.4, 0.5) is 0 Å². The van der Waals surface area contributed by atoms with E-state index in [9.17, 15) is 9.90 Å². The monoisotopic (exact) mass is 154 g/mol. The lowest BCUT2D eigenvalue weighted by atomic mass is 9.88. The molecule has 1 aliphatic rings. The summed E-state index contributed by atoms with van der Waals surface area (Å²) >= 11 is 0. The normalized spacial score (nSPS) is 19.9. The second kappa shape index (κ2) is 2.78. The van der Waals surface area contributed by atoms with Crippen molar-refractivity contribution < 1.29 is 9.90 Å². The highest BCUT2D eigenvalue weighted by molar-refractivity contribution is 5.81. The van der Waals surface area contributed by atoms with Gasteiger partial charge in [-0.15, -0.1) is 0 Å². The van der Waals surface area contributed by atoms with Gasteiger partial charge >= 0.3 is 0 Å². The molecule has 0 bridgehead atoms. The minimum Gasteiger partial charge on any atom is -0.386 e. The molecule has 0 atom stereocenters. The summed E-state index contributed by atoms with van der Waals surface area (Å²) in [6.45, 7) is 3.52. The summed E-state index contributed by atoms with van der Waals surface area (Å²) in [7, 11) is 0. The molecule has 1 rings (SSSR count). The van der Waals surface area contributed by atoms with Gasteiger partial charge < -0.3 is 5.11 Å². The lowest BCUT2D eigenvalue weighted by Gasteiger charge is -2.24. The molecule has 0 aromatic carbocycles. The molecule has 0 spiro atoms. The third kappa shape index (κ3) is 2.15. The lowest BCUT2D eigenvalue weighted by Crippen LogP contribution is -2.24. The molecule has 0 unspecified atom stereocenters. The SMILES string of the molecule is CC(C)(O)C1=CCC(=O)CC1. The molecule has 62 valence electrons. The van der Waals surface area contributed by atoms with Crippen LogP contribution in [0.15, 0.2) is 11.6 Å². The second-order valence-electron chi connectivity index (χ2n) is 3.53. The maximum Gasteiger partial charge on any atom is 0.136 e. The van der Waals surface area contributed by atoms with E-state index in [2.05, 4.69) is 0 Å². The third-order valence-corrected chi connectivity index (χ3v) is 2.04. The fourth-order valence-electron chi connectivity index (χ4n) is 1.27. The Labute approximate surface area is 66.9 Å². The fourth-order valence-corrected chi connectivity index (χ4v) is 1.27. The molecule has 2 heteroatoms. The average Bonchev–Trinajstić information content (AvgIpc) is 1.86. The Morgan fingerprint density at radius 2 is 2.09 bits per heavy atom. The largest absolute Gasteiger partial charge is 0.386 e. The summed E-state index contributed by atoms with van der Waals surface area (Å²) in [4.78, 5) is 10.8. The molecule has 0 amide bonds. The van der Waals surface area contributed by atoms with Gasteiger partial charge in [0.25, 0.3) is 0 Å². The van der Waals surface area contributed by atoms with Crippen molar-refractivity contribution in [1.29, 1.82) is 0 Å². The average molecular weight is 154 g/mol. The molecule has 0 aromatic heterocycles. The summed E-state index contributed by atoms with van der Waals surface area (Å²) in [5.41, 5.74) is 0.262. The van der Waals surface area contributed by atoms with E-state index in [-0.39, 0.29) is 5.78 Å². The minimum absolute atomic E-state index is 0.276. The van der Waals surface area contributed by atoms with Gasteiger partial charge in [0.05, 0.1) is 5.60 Å². The quantitative estimate of drug-likeness (QED) is 0.580. The first-order chi connectivity index (χ1) is 5.00. The van der Waals surface area contributed by atoms with Crippen molar-refractivity contribution in [2.45, 2.75) is 38.7 Å². The van der Waals surface area contributed by atoms with Crippen LogP contribution in [0.3, 0.4) is 0 Å². The zero-order valence-corrected chi connectivity index (χ0v) is 7.05. The maximum absolute atomic E-state index is 10.8. The van der Waals surface area contributed by atoms with Gasteiger partial charge in [-0.05, 0) is 25.8 Å². The molecule has 0 radical (unpaired) electrons. The van der Waals surface area contributed by atoms with Crippen molar-refractivity contribution in [2.75, 3.05) is 0 Å². The number of hydrogen-bond acceptors (Lipinski definition) is 2. The number of rotatable bonds is 1. The Morgan fingerprint density at radius 3 is 2.45 bits per heavy atom. The summed E-state index contributed by atoms with van der Waals surface area (Å²) < 4.78 is 0. The summed E-state index contributed by atoms with van der Waals surface area (Å²) in [5.74, 6) is 0.276. The van der Waals surface area contributed by atoms with Gasteiger partial charge in [-0.3, -0.25) is 4.79 Å². The van der Waals surface area contributed by atoms with Crippen molar-refractivity contribution >= 4 is 5.78 Å². The Balaban J connectivity index is 2.69. The highest BCUT2D eigenvalue weighted by Crippen LogP contribution is 2.24. The van der Waals surface area contributed by atoms with E-state index in [0.29, 0.717) is 12.8 Å². The molecule has 11 heavy (non-hydrogen) atoms. The van der Waals surface area contributed by atoms with Gasteiger partial charge in [0, 0.05) is 12.8 Å². The van der Waals surface area contributed by atoms with Crippen LogP contribution >= 0.6 is 0 Å². The highest BCUT2D eigenvalue weighted by atomic mass is 16.3. The van der Waals surface area contributed by atoms with E-state index >= 15 is 0 Å². The first-order valence-corrected chi connectivity index (χ1v) is 3.94.